The number of methoxy groups -OCH3 is 2. The summed E-state index contributed by atoms with van der Waals surface area (Å²) in [6.07, 6.45) is 4.07. The van der Waals surface area contributed by atoms with Gasteiger partial charge in [0.25, 0.3) is 0 Å². The molecule has 1 saturated heterocycles. The molecule has 1 saturated carbocycles. The third-order valence-electron chi connectivity index (χ3n) is 5.59. The first-order valence-electron chi connectivity index (χ1n) is 8.71. The summed E-state index contributed by atoms with van der Waals surface area (Å²) in [5.41, 5.74) is 3.49. The minimum Gasteiger partial charge on any atom is -0.493 e. The molecule has 1 aliphatic heterocycles. The second kappa shape index (κ2) is 6.54. The maximum Gasteiger partial charge on any atom is 0.162 e. The third kappa shape index (κ3) is 2.84. The molecule has 1 unspecified atom stereocenters. The van der Waals surface area contributed by atoms with E-state index in [1.165, 1.54) is 5.69 Å². The van der Waals surface area contributed by atoms with Gasteiger partial charge in [-0.3, -0.25) is 14.6 Å². The SMILES string of the molecule is COc1cc2nccc(N3CC4(CC(CS(=O)C=N)C4)C3)c2cc1OC. The van der Waals surface area contributed by atoms with Crippen molar-refractivity contribution in [1.29, 1.82) is 5.41 Å². The van der Waals surface area contributed by atoms with Crippen LogP contribution in [0.2, 0.25) is 0 Å². The van der Waals surface area contributed by atoms with Gasteiger partial charge in [-0.2, -0.15) is 0 Å². The van der Waals surface area contributed by atoms with Gasteiger partial charge in [-0.05, 0) is 30.9 Å². The first kappa shape index (κ1) is 17.3. The zero-order valence-electron chi connectivity index (χ0n) is 15.0. The highest BCUT2D eigenvalue weighted by Crippen LogP contribution is 2.53. The van der Waals surface area contributed by atoms with Crippen LogP contribution in [0.3, 0.4) is 0 Å². The number of rotatable bonds is 6. The zero-order chi connectivity index (χ0) is 18.3. The number of nitrogens with one attached hydrogen (secondary N) is 1. The third-order valence-corrected chi connectivity index (χ3v) is 6.65. The summed E-state index contributed by atoms with van der Waals surface area (Å²) < 4.78 is 22.3. The topological polar surface area (TPSA) is 75.5 Å². The van der Waals surface area contributed by atoms with E-state index in [2.05, 4.69) is 16.0 Å². The summed E-state index contributed by atoms with van der Waals surface area (Å²) >= 11 is 0. The number of hydrogen-bond donors (Lipinski definition) is 1. The molecule has 2 aromatic rings. The van der Waals surface area contributed by atoms with Gasteiger partial charge in [0.2, 0.25) is 0 Å². The Bertz CT molecular complexity index is 872. The molecular formula is C19H23N3O3S. The Morgan fingerprint density at radius 3 is 2.65 bits per heavy atom. The van der Waals surface area contributed by atoms with Crippen molar-refractivity contribution in [3.63, 3.8) is 0 Å². The molecule has 26 heavy (non-hydrogen) atoms. The molecule has 0 bridgehead atoms. The minimum absolute atomic E-state index is 0.364. The average molecular weight is 373 g/mol. The van der Waals surface area contributed by atoms with Gasteiger partial charge in [-0.15, -0.1) is 0 Å². The first-order valence-corrected chi connectivity index (χ1v) is 10.1. The molecule has 6 nitrogen and oxygen atoms in total. The predicted octanol–water partition coefficient (Wildman–Crippen LogP) is 2.82. The molecule has 2 aliphatic rings. The van der Waals surface area contributed by atoms with Crippen LogP contribution < -0.4 is 14.4 Å². The first-order chi connectivity index (χ1) is 12.6. The summed E-state index contributed by atoms with van der Waals surface area (Å²) in [7, 11) is 2.18. The number of ether oxygens (including phenoxy) is 2. The van der Waals surface area contributed by atoms with Crippen molar-refractivity contribution >= 4 is 32.9 Å². The second-order valence-corrected chi connectivity index (χ2v) is 8.68. The van der Waals surface area contributed by atoms with Crippen LogP contribution in [0.1, 0.15) is 12.8 Å². The standard InChI is InChI=1S/C19H23N3O3S/c1-24-17-5-14-15(6-18(17)25-2)21-4-3-16(14)22-10-19(11-22)7-13(8-19)9-26(23)12-20/h3-6,12-13,20H,7-11H2,1-2H3. The maximum absolute atomic E-state index is 11.5. The van der Waals surface area contributed by atoms with Crippen molar-refractivity contribution in [3.8, 4) is 11.5 Å². The molecular weight excluding hydrogens is 350 g/mol. The van der Waals surface area contributed by atoms with E-state index in [9.17, 15) is 4.21 Å². The normalized spacial score (nSPS) is 19.7. The smallest absolute Gasteiger partial charge is 0.162 e. The lowest BCUT2D eigenvalue weighted by Crippen LogP contribution is -2.63. The molecule has 0 radical (unpaired) electrons. The molecule has 7 heteroatoms. The Labute approximate surface area is 155 Å². The highest BCUT2D eigenvalue weighted by atomic mass is 32.2. The van der Waals surface area contributed by atoms with Gasteiger partial charge in [0.15, 0.2) is 11.5 Å². The quantitative estimate of drug-likeness (QED) is 0.622. The fourth-order valence-corrected chi connectivity index (χ4v) is 5.29. The van der Waals surface area contributed by atoms with E-state index < -0.39 is 10.8 Å². The van der Waals surface area contributed by atoms with Gasteiger partial charge < -0.3 is 14.4 Å². The van der Waals surface area contributed by atoms with Crippen molar-refractivity contribution in [2.75, 3.05) is 38.0 Å². The molecule has 1 aliphatic carbocycles. The van der Waals surface area contributed by atoms with Crippen LogP contribution in [0.5, 0.6) is 11.5 Å². The highest BCUT2D eigenvalue weighted by Gasteiger charge is 2.52. The van der Waals surface area contributed by atoms with Crippen LogP contribution in [0.25, 0.3) is 10.9 Å². The zero-order valence-corrected chi connectivity index (χ0v) is 15.8. The summed E-state index contributed by atoms with van der Waals surface area (Å²) in [6.45, 7) is 2.04. The molecule has 1 aromatic heterocycles. The Balaban J connectivity index is 1.51. The Morgan fingerprint density at radius 2 is 2.00 bits per heavy atom. The molecule has 1 N–H and O–H groups in total. The highest BCUT2D eigenvalue weighted by molar-refractivity contribution is 7.98. The fraction of sp³-hybridized carbons (Fsp3) is 0.474. The summed E-state index contributed by atoms with van der Waals surface area (Å²) in [4.78, 5) is 6.86. The van der Waals surface area contributed by atoms with E-state index in [1.54, 1.807) is 14.2 Å². The van der Waals surface area contributed by atoms with E-state index in [4.69, 9.17) is 14.9 Å². The van der Waals surface area contributed by atoms with E-state index in [1.807, 2.05) is 18.3 Å². The van der Waals surface area contributed by atoms with Crippen molar-refractivity contribution in [1.82, 2.24) is 4.98 Å². The Hall–Kier alpha value is -2.15. The van der Waals surface area contributed by atoms with E-state index in [0.717, 1.165) is 42.4 Å². The van der Waals surface area contributed by atoms with E-state index in [0.29, 0.717) is 28.6 Å². The predicted molar refractivity (Wildman–Crippen MR) is 104 cm³/mol. The molecule has 2 heterocycles. The number of hydrogen-bond acceptors (Lipinski definition) is 6. The van der Waals surface area contributed by atoms with Gasteiger partial charge in [-0.1, -0.05) is 0 Å². The molecule has 138 valence electrons. The summed E-state index contributed by atoms with van der Waals surface area (Å²) in [5.74, 6) is 2.53. The van der Waals surface area contributed by atoms with E-state index >= 15 is 0 Å². The van der Waals surface area contributed by atoms with Gasteiger partial charge >= 0.3 is 0 Å². The van der Waals surface area contributed by atoms with Gasteiger partial charge in [0, 0.05) is 47.6 Å². The largest absolute Gasteiger partial charge is 0.493 e. The number of benzene rings is 1. The van der Waals surface area contributed by atoms with Crippen molar-refractivity contribution in [3.05, 3.63) is 24.4 Å². The molecule has 1 atom stereocenters. The number of nitrogens with zero attached hydrogens (tertiary/aromatic N) is 2. The molecule has 1 aromatic carbocycles. The Kier molecular flexibility index (Phi) is 4.34. The van der Waals surface area contributed by atoms with Crippen molar-refractivity contribution < 1.29 is 13.7 Å². The van der Waals surface area contributed by atoms with Gasteiger partial charge in [-0.25, -0.2) is 0 Å². The van der Waals surface area contributed by atoms with Gasteiger partial charge in [0.05, 0.1) is 36.1 Å². The monoisotopic (exact) mass is 373 g/mol. The fourth-order valence-electron chi connectivity index (χ4n) is 4.49. The van der Waals surface area contributed by atoms with Crippen LogP contribution in [0.15, 0.2) is 24.4 Å². The number of aromatic nitrogens is 1. The van der Waals surface area contributed by atoms with Crippen LogP contribution in [-0.4, -0.2) is 47.8 Å². The maximum atomic E-state index is 11.5. The summed E-state index contributed by atoms with van der Waals surface area (Å²) in [5, 5.41) is 8.15. The Morgan fingerprint density at radius 1 is 1.31 bits per heavy atom. The lowest BCUT2D eigenvalue weighted by atomic mass is 9.58. The van der Waals surface area contributed by atoms with Crippen LogP contribution in [0, 0.1) is 16.7 Å². The lowest BCUT2D eigenvalue weighted by Gasteiger charge is -2.60. The van der Waals surface area contributed by atoms with Crippen LogP contribution in [-0.2, 0) is 10.8 Å². The second-order valence-electron chi connectivity index (χ2n) is 7.35. The van der Waals surface area contributed by atoms with E-state index in [-0.39, 0.29) is 0 Å². The van der Waals surface area contributed by atoms with Crippen LogP contribution >= 0.6 is 0 Å². The number of pyridine rings is 1. The lowest BCUT2D eigenvalue weighted by molar-refractivity contribution is 0.0360. The molecule has 2 fully saturated rings. The summed E-state index contributed by atoms with van der Waals surface area (Å²) in [6, 6.07) is 5.97. The van der Waals surface area contributed by atoms with Crippen molar-refractivity contribution in [2.24, 2.45) is 11.3 Å². The van der Waals surface area contributed by atoms with Crippen LogP contribution in [0.4, 0.5) is 5.69 Å². The van der Waals surface area contributed by atoms with Gasteiger partial charge in [0.1, 0.15) is 0 Å². The minimum atomic E-state index is -1.09. The molecule has 4 rings (SSSR count). The average Bonchev–Trinajstić information content (AvgIpc) is 2.60. The molecule has 1 spiro atoms. The number of anilines is 1. The van der Waals surface area contributed by atoms with Crippen molar-refractivity contribution in [2.45, 2.75) is 12.8 Å². The number of fused-ring (bicyclic) bond motifs is 1. The molecule has 0 amide bonds.